The Morgan fingerprint density at radius 1 is 0.810 bits per heavy atom. The van der Waals surface area contributed by atoms with Gasteiger partial charge in [0, 0.05) is 74.9 Å². The average Bonchev–Trinajstić information content (AvgIpc) is 3.67. The van der Waals surface area contributed by atoms with Gasteiger partial charge in [-0.25, -0.2) is 4.39 Å². The predicted octanol–water partition coefficient (Wildman–Crippen LogP) is 5.13. The maximum absolute atomic E-state index is 15.5. The number of rotatable bonds is 11. The molecular formula is C42H45F4N7O5. The number of aryl methyl sites for hydroxylation is 1. The average molecular weight is 804 g/mol. The Morgan fingerprint density at radius 2 is 1.52 bits per heavy atom. The molecule has 4 aromatic rings. The summed E-state index contributed by atoms with van der Waals surface area (Å²) >= 11 is 0. The second-order valence-electron chi connectivity index (χ2n) is 15.6. The van der Waals surface area contributed by atoms with Gasteiger partial charge in [-0.15, -0.1) is 13.2 Å². The van der Waals surface area contributed by atoms with Crippen molar-refractivity contribution < 1.29 is 41.5 Å². The van der Waals surface area contributed by atoms with Gasteiger partial charge in [0.25, 0.3) is 11.8 Å². The highest BCUT2D eigenvalue weighted by molar-refractivity contribution is 6.23. The van der Waals surface area contributed by atoms with E-state index in [1.807, 2.05) is 11.1 Å². The van der Waals surface area contributed by atoms with Crippen LogP contribution in [0.4, 0.5) is 23.2 Å². The number of anilines is 1. The van der Waals surface area contributed by atoms with Crippen molar-refractivity contribution in [1.29, 1.82) is 0 Å². The summed E-state index contributed by atoms with van der Waals surface area (Å²) in [6.45, 7) is 7.41. The first kappa shape index (κ1) is 39.5. The van der Waals surface area contributed by atoms with Gasteiger partial charge in [-0.3, -0.25) is 39.2 Å². The van der Waals surface area contributed by atoms with Gasteiger partial charge in [-0.1, -0.05) is 18.2 Å². The molecule has 16 heteroatoms. The molecule has 8 rings (SSSR count). The molecule has 1 unspecified atom stereocenters. The molecule has 12 nitrogen and oxygen atoms in total. The molecule has 3 fully saturated rings. The quantitative estimate of drug-likeness (QED) is 0.157. The highest BCUT2D eigenvalue weighted by Crippen LogP contribution is 2.36. The highest BCUT2D eigenvalue weighted by atomic mass is 19.4. The number of piperidine rings is 2. The molecule has 4 aliphatic rings. The van der Waals surface area contributed by atoms with E-state index in [2.05, 4.69) is 42.6 Å². The summed E-state index contributed by atoms with van der Waals surface area (Å²) in [5.41, 5.74) is 9.98. The van der Waals surface area contributed by atoms with Gasteiger partial charge in [-0.05, 0) is 98.8 Å². The molecule has 0 spiro atoms. The number of amides is 4. The zero-order valence-corrected chi connectivity index (χ0v) is 31.9. The molecule has 0 saturated carbocycles. The molecule has 1 atom stereocenters. The number of carbonyl (C=O) groups excluding carboxylic acids is 4. The number of carbonyl (C=O) groups is 4. The third-order valence-corrected chi connectivity index (χ3v) is 11.8. The molecule has 4 aliphatic heterocycles. The van der Waals surface area contributed by atoms with Crippen LogP contribution in [0.2, 0.25) is 0 Å². The number of ether oxygens (including phenoxy) is 1. The van der Waals surface area contributed by atoms with Crippen LogP contribution >= 0.6 is 0 Å². The summed E-state index contributed by atoms with van der Waals surface area (Å²) in [4.78, 5) is 58.1. The Morgan fingerprint density at radius 3 is 2.19 bits per heavy atom. The van der Waals surface area contributed by atoms with E-state index in [4.69, 9.17) is 5.73 Å². The van der Waals surface area contributed by atoms with Crippen LogP contribution in [0, 0.1) is 11.7 Å². The minimum absolute atomic E-state index is 0.00844. The standard InChI is InChI=1S/C42H45F4N7O5/c43-34-21-31-32(41(57)53(40(31)56)36-8-9-38(54)48-39(36)55)22-37(34)51-18-16-50(17-19-51)23-26-10-14-49(15-11-26)24-27-2-7-35-30(20-27)33(25-52(35)13-1-12-47)28-3-5-29(6-4-28)58-42(44,45)46/h2-7,20-22,25-26,36H,1,8-19,23-24,47H2,(H,48,54,55). The topological polar surface area (TPSA) is 133 Å². The van der Waals surface area contributed by atoms with Crippen molar-refractivity contribution in [3.8, 4) is 16.9 Å². The third-order valence-electron chi connectivity index (χ3n) is 11.8. The molecule has 3 N–H and O–H groups in total. The monoisotopic (exact) mass is 803 g/mol. The number of halogens is 4. The number of nitrogens with zero attached hydrogens (tertiary/aromatic N) is 5. The largest absolute Gasteiger partial charge is 0.573 e. The molecule has 5 heterocycles. The van der Waals surface area contributed by atoms with Crippen LogP contribution in [0.15, 0.2) is 60.8 Å². The van der Waals surface area contributed by atoms with Crippen molar-refractivity contribution in [3.63, 3.8) is 0 Å². The number of alkyl halides is 3. The number of hydrogen-bond acceptors (Lipinski definition) is 9. The molecule has 1 aromatic heterocycles. The van der Waals surface area contributed by atoms with E-state index >= 15 is 4.39 Å². The van der Waals surface area contributed by atoms with Gasteiger partial charge in [-0.2, -0.15) is 0 Å². The summed E-state index contributed by atoms with van der Waals surface area (Å²) in [5, 5.41) is 3.20. The SMILES string of the molecule is NCCCn1cc(-c2ccc(OC(F)(F)F)cc2)c2cc(CN3CCC(CN4CCN(c5cc6c(cc5F)C(=O)N(C5CCC(=O)NC5=O)C6=O)CC4)CC3)ccc21. The van der Waals surface area contributed by atoms with Crippen molar-refractivity contribution in [2.45, 2.75) is 57.6 Å². The molecule has 0 aliphatic carbocycles. The minimum Gasteiger partial charge on any atom is -0.406 e. The van der Waals surface area contributed by atoms with Gasteiger partial charge in [0.15, 0.2) is 0 Å². The van der Waals surface area contributed by atoms with Gasteiger partial charge in [0.1, 0.15) is 17.6 Å². The molecule has 306 valence electrons. The zero-order chi connectivity index (χ0) is 40.7. The molecule has 58 heavy (non-hydrogen) atoms. The Labute approximate surface area is 332 Å². The number of nitrogens with one attached hydrogen (secondary N) is 1. The lowest BCUT2D eigenvalue weighted by atomic mass is 9.95. The number of nitrogens with two attached hydrogens (primary N) is 1. The smallest absolute Gasteiger partial charge is 0.406 e. The number of hydrogen-bond donors (Lipinski definition) is 2. The number of piperazine rings is 1. The van der Waals surface area contributed by atoms with Gasteiger partial charge in [0.2, 0.25) is 11.8 Å². The fraction of sp³-hybridized carbons (Fsp3) is 0.429. The molecule has 3 aromatic carbocycles. The molecule has 0 radical (unpaired) electrons. The van der Waals surface area contributed by atoms with Crippen molar-refractivity contribution in [2.75, 3.05) is 57.3 Å². The van der Waals surface area contributed by atoms with Crippen LogP contribution in [-0.2, 0) is 22.7 Å². The van der Waals surface area contributed by atoms with Crippen molar-refractivity contribution in [3.05, 3.63) is 83.3 Å². The summed E-state index contributed by atoms with van der Waals surface area (Å²) in [6, 6.07) is 13.8. The maximum atomic E-state index is 15.5. The normalized spacial score (nSPS) is 20.0. The number of aromatic nitrogens is 1. The number of likely N-dealkylation sites (tertiary alicyclic amines) is 1. The Hall–Kier alpha value is -5.32. The Kier molecular flexibility index (Phi) is 11.0. The summed E-state index contributed by atoms with van der Waals surface area (Å²) in [6.07, 6.45) is 0.192. The first-order chi connectivity index (χ1) is 27.8. The van der Waals surface area contributed by atoms with E-state index in [9.17, 15) is 32.3 Å². The number of benzene rings is 3. The first-order valence-corrected chi connectivity index (χ1v) is 19.8. The second kappa shape index (κ2) is 16.1. The van der Waals surface area contributed by atoms with Crippen LogP contribution in [0.25, 0.3) is 22.0 Å². The third kappa shape index (κ3) is 8.18. The Balaban J connectivity index is 0.855. The van der Waals surface area contributed by atoms with E-state index in [-0.39, 0.29) is 35.4 Å². The fourth-order valence-corrected chi connectivity index (χ4v) is 8.80. The van der Waals surface area contributed by atoms with Gasteiger partial charge >= 0.3 is 6.36 Å². The van der Waals surface area contributed by atoms with Crippen LogP contribution < -0.4 is 20.7 Å². The van der Waals surface area contributed by atoms with Gasteiger partial charge < -0.3 is 19.9 Å². The number of imide groups is 2. The molecular weight excluding hydrogens is 758 g/mol. The van der Waals surface area contributed by atoms with Gasteiger partial charge in [0.05, 0.1) is 16.8 Å². The van der Waals surface area contributed by atoms with E-state index < -0.39 is 41.9 Å². The summed E-state index contributed by atoms with van der Waals surface area (Å²) < 4.78 is 60.0. The number of fused-ring (bicyclic) bond motifs is 2. The van der Waals surface area contributed by atoms with Crippen LogP contribution in [-0.4, -0.2) is 108 Å². The molecule has 4 amide bonds. The molecule has 3 saturated heterocycles. The zero-order valence-electron chi connectivity index (χ0n) is 31.9. The van der Waals surface area contributed by atoms with E-state index in [1.165, 1.54) is 18.2 Å². The highest BCUT2D eigenvalue weighted by Gasteiger charge is 2.45. The van der Waals surface area contributed by atoms with Crippen LogP contribution in [0.3, 0.4) is 0 Å². The van der Waals surface area contributed by atoms with Crippen LogP contribution in [0.5, 0.6) is 5.75 Å². The van der Waals surface area contributed by atoms with Crippen LogP contribution in [0.1, 0.15) is 58.4 Å². The van der Waals surface area contributed by atoms with E-state index in [0.29, 0.717) is 25.6 Å². The maximum Gasteiger partial charge on any atom is 0.573 e. The van der Waals surface area contributed by atoms with E-state index in [0.717, 1.165) is 104 Å². The fourth-order valence-electron chi connectivity index (χ4n) is 8.80. The lowest BCUT2D eigenvalue weighted by molar-refractivity contribution is -0.274. The predicted molar refractivity (Wildman–Crippen MR) is 207 cm³/mol. The summed E-state index contributed by atoms with van der Waals surface area (Å²) in [5.74, 6) is -2.90. The lowest BCUT2D eigenvalue weighted by Gasteiger charge is -2.39. The minimum atomic E-state index is -4.76. The molecule has 0 bridgehead atoms. The lowest BCUT2D eigenvalue weighted by Crippen LogP contribution is -2.54. The Bertz CT molecular complexity index is 2230. The van der Waals surface area contributed by atoms with Crippen molar-refractivity contribution >= 4 is 40.2 Å². The second-order valence-corrected chi connectivity index (χ2v) is 15.6. The van der Waals surface area contributed by atoms with Crippen molar-refractivity contribution in [1.82, 2.24) is 24.6 Å². The first-order valence-electron chi connectivity index (χ1n) is 19.8. The summed E-state index contributed by atoms with van der Waals surface area (Å²) in [7, 11) is 0. The van der Waals surface area contributed by atoms with Crippen molar-refractivity contribution in [2.24, 2.45) is 11.7 Å². The van der Waals surface area contributed by atoms with E-state index in [1.54, 1.807) is 12.1 Å².